The maximum absolute atomic E-state index is 12.5. The predicted octanol–water partition coefficient (Wildman–Crippen LogP) is 2.81. The lowest BCUT2D eigenvalue weighted by atomic mass is 10.0. The Labute approximate surface area is 149 Å². The molecule has 1 aliphatic heterocycles. The van der Waals surface area contributed by atoms with E-state index in [9.17, 15) is 4.79 Å². The number of amides is 1. The molecule has 132 valence electrons. The standard InChI is InChI=1S/C21H26N2O2/c24-21(12-11-18-7-3-1-4-8-18)22-20(19-9-5-2-6-10-19)17-23-13-15-25-16-14-23/h1-10,20H,11-17H2,(H,22,24)/t20-/m0/s1. The van der Waals surface area contributed by atoms with Gasteiger partial charge in [-0.2, -0.15) is 0 Å². The molecule has 0 saturated carbocycles. The van der Waals surface area contributed by atoms with Gasteiger partial charge in [0, 0.05) is 26.1 Å². The quantitative estimate of drug-likeness (QED) is 0.844. The summed E-state index contributed by atoms with van der Waals surface area (Å²) in [5.41, 5.74) is 2.35. The maximum atomic E-state index is 12.5. The number of morpholine rings is 1. The highest BCUT2D eigenvalue weighted by atomic mass is 16.5. The van der Waals surface area contributed by atoms with Gasteiger partial charge >= 0.3 is 0 Å². The van der Waals surface area contributed by atoms with Gasteiger partial charge in [0.25, 0.3) is 0 Å². The molecule has 4 heteroatoms. The molecule has 2 aromatic carbocycles. The summed E-state index contributed by atoms with van der Waals surface area (Å²) in [7, 11) is 0. The molecule has 0 spiro atoms. The molecule has 0 aliphatic carbocycles. The fraction of sp³-hybridized carbons (Fsp3) is 0.381. The second-order valence-electron chi connectivity index (χ2n) is 6.43. The number of carbonyl (C=O) groups is 1. The summed E-state index contributed by atoms with van der Waals surface area (Å²) in [5, 5.41) is 3.23. The lowest BCUT2D eigenvalue weighted by Crippen LogP contribution is -2.43. The molecule has 0 radical (unpaired) electrons. The van der Waals surface area contributed by atoms with Crippen LogP contribution in [0.25, 0.3) is 0 Å². The van der Waals surface area contributed by atoms with Gasteiger partial charge in [-0.15, -0.1) is 0 Å². The van der Waals surface area contributed by atoms with Crippen molar-refractivity contribution in [2.24, 2.45) is 0 Å². The van der Waals surface area contributed by atoms with E-state index in [0.717, 1.165) is 44.8 Å². The molecule has 1 aliphatic rings. The number of nitrogens with one attached hydrogen (secondary N) is 1. The van der Waals surface area contributed by atoms with E-state index in [1.165, 1.54) is 5.56 Å². The summed E-state index contributed by atoms with van der Waals surface area (Å²) < 4.78 is 5.43. The van der Waals surface area contributed by atoms with Crippen molar-refractivity contribution in [3.63, 3.8) is 0 Å². The second kappa shape index (κ2) is 9.35. The Balaban J connectivity index is 1.59. The first kappa shape index (κ1) is 17.6. The van der Waals surface area contributed by atoms with Crippen LogP contribution in [0.1, 0.15) is 23.6 Å². The number of hydrogen-bond acceptors (Lipinski definition) is 3. The number of hydrogen-bond donors (Lipinski definition) is 1. The van der Waals surface area contributed by atoms with Crippen LogP contribution >= 0.6 is 0 Å². The number of nitrogens with zero attached hydrogens (tertiary/aromatic N) is 1. The van der Waals surface area contributed by atoms with Crippen LogP contribution in [0, 0.1) is 0 Å². The van der Waals surface area contributed by atoms with Gasteiger partial charge in [0.2, 0.25) is 5.91 Å². The van der Waals surface area contributed by atoms with E-state index in [-0.39, 0.29) is 11.9 Å². The molecule has 0 aromatic heterocycles. The monoisotopic (exact) mass is 338 g/mol. The average molecular weight is 338 g/mol. The summed E-state index contributed by atoms with van der Waals surface area (Å²) in [6, 6.07) is 20.4. The van der Waals surface area contributed by atoms with Crippen LogP contribution in [-0.2, 0) is 16.0 Å². The van der Waals surface area contributed by atoms with Crippen molar-refractivity contribution in [3.8, 4) is 0 Å². The molecule has 0 unspecified atom stereocenters. The third-order valence-corrected chi connectivity index (χ3v) is 4.57. The number of benzene rings is 2. The second-order valence-corrected chi connectivity index (χ2v) is 6.43. The van der Waals surface area contributed by atoms with Crippen LogP contribution in [0.4, 0.5) is 0 Å². The molecular formula is C21H26N2O2. The fourth-order valence-corrected chi connectivity index (χ4v) is 3.13. The van der Waals surface area contributed by atoms with Gasteiger partial charge in [-0.1, -0.05) is 60.7 Å². The molecule has 1 saturated heterocycles. The average Bonchev–Trinajstić information content (AvgIpc) is 2.68. The van der Waals surface area contributed by atoms with E-state index in [2.05, 4.69) is 34.5 Å². The summed E-state index contributed by atoms with van der Waals surface area (Å²) in [6.07, 6.45) is 1.28. The SMILES string of the molecule is O=C(CCc1ccccc1)N[C@@H](CN1CCOCC1)c1ccccc1. The van der Waals surface area contributed by atoms with Crippen molar-refractivity contribution in [2.75, 3.05) is 32.8 Å². The van der Waals surface area contributed by atoms with E-state index in [1.54, 1.807) is 0 Å². The highest BCUT2D eigenvalue weighted by Crippen LogP contribution is 2.16. The summed E-state index contributed by atoms with van der Waals surface area (Å²) >= 11 is 0. The Bertz CT molecular complexity index is 639. The molecule has 3 rings (SSSR count). The molecule has 1 N–H and O–H groups in total. The van der Waals surface area contributed by atoms with Crippen LogP contribution in [0.15, 0.2) is 60.7 Å². The molecule has 4 nitrogen and oxygen atoms in total. The van der Waals surface area contributed by atoms with Crippen molar-refractivity contribution in [1.29, 1.82) is 0 Å². The fourth-order valence-electron chi connectivity index (χ4n) is 3.13. The molecule has 1 amide bonds. The number of carbonyl (C=O) groups excluding carboxylic acids is 1. The Kier molecular flexibility index (Phi) is 6.60. The predicted molar refractivity (Wildman–Crippen MR) is 99.3 cm³/mol. The molecule has 1 fully saturated rings. The van der Waals surface area contributed by atoms with Crippen molar-refractivity contribution < 1.29 is 9.53 Å². The van der Waals surface area contributed by atoms with Crippen molar-refractivity contribution in [3.05, 3.63) is 71.8 Å². The normalized spacial score (nSPS) is 16.3. The Morgan fingerprint density at radius 3 is 2.32 bits per heavy atom. The van der Waals surface area contributed by atoms with Gasteiger partial charge in [0.1, 0.15) is 0 Å². The largest absolute Gasteiger partial charge is 0.379 e. The van der Waals surface area contributed by atoms with E-state index in [0.29, 0.717) is 6.42 Å². The zero-order chi connectivity index (χ0) is 17.3. The smallest absolute Gasteiger partial charge is 0.220 e. The van der Waals surface area contributed by atoms with Crippen LogP contribution < -0.4 is 5.32 Å². The molecular weight excluding hydrogens is 312 g/mol. The van der Waals surface area contributed by atoms with Gasteiger partial charge in [0.15, 0.2) is 0 Å². The minimum atomic E-state index is 0.0163. The molecule has 25 heavy (non-hydrogen) atoms. The molecule has 2 aromatic rings. The number of ether oxygens (including phenoxy) is 1. The summed E-state index contributed by atoms with van der Waals surface area (Å²) in [5.74, 6) is 0.103. The van der Waals surface area contributed by atoms with E-state index in [4.69, 9.17) is 4.74 Å². The van der Waals surface area contributed by atoms with Crippen LogP contribution in [0.5, 0.6) is 0 Å². The van der Waals surface area contributed by atoms with Crippen molar-refractivity contribution in [2.45, 2.75) is 18.9 Å². The lowest BCUT2D eigenvalue weighted by molar-refractivity contribution is -0.122. The summed E-state index contributed by atoms with van der Waals surface area (Å²) in [4.78, 5) is 14.8. The number of rotatable bonds is 7. The first-order valence-electron chi connectivity index (χ1n) is 8.99. The van der Waals surface area contributed by atoms with E-state index < -0.39 is 0 Å². The molecule has 1 heterocycles. The molecule has 0 bridgehead atoms. The van der Waals surface area contributed by atoms with Crippen molar-refractivity contribution in [1.82, 2.24) is 10.2 Å². The number of aryl methyl sites for hydroxylation is 1. The summed E-state index contributed by atoms with van der Waals surface area (Å²) in [6.45, 7) is 4.20. The van der Waals surface area contributed by atoms with Crippen LogP contribution in [-0.4, -0.2) is 43.7 Å². The Hall–Kier alpha value is -2.17. The van der Waals surface area contributed by atoms with E-state index in [1.807, 2.05) is 36.4 Å². The van der Waals surface area contributed by atoms with Gasteiger partial charge in [-0.05, 0) is 17.5 Å². The zero-order valence-corrected chi connectivity index (χ0v) is 14.6. The Morgan fingerprint density at radius 2 is 1.64 bits per heavy atom. The van der Waals surface area contributed by atoms with Gasteiger partial charge < -0.3 is 10.1 Å². The Morgan fingerprint density at radius 1 is 1.00 bits per heavy atom. The van der Waals surface area contributed by atoms with Crippen LogP contribution in [0.2, 0.25) is 0 Å². The highest BCUT2D eigenvalue weighted by molar-refractivity contribution is 5.76. The van der Waals surface area contributed by atoms with Gasteiger partial charge in [-0.25, -0.2) is 0 Å². The van der Waals surface area contributed by atoms with Gasteiger partial charge in [-0.3, -0.25) is 9.69 Å². The zero-order valence-electron chi connectivity index (χ0n) is 14.6. The lowest BCUT2D eigenvalue weighted by Gasteiger charge is -2.31. The third-order valence-electron chi connectivity index (χ3n) is 4.57. The minimum absolute atomic E-state index is 0.0163. The maximum Gasteiger partial charge on any atom is 0.220 e. The van der Waals surface area contributed by atoms with Crippen LogP contribution in [0.3, 0.4) is 0 Å². The minimum Gasteiger partial charge on any atom is -0.379 e. The topological polar surface area (TPSA) is 41.6 Å². The highest BCUT2D eigenvalue weighted by Gasteiger charge is 2.19. The van der Waals surface area contributed by atoms with Crippen molar-refractivity contribution >= 4 is 5.91 Å². The first-order chi connectivity index (χ1) is 12.3. The van der Waals surface area contributed by atoms with E-state index >= 15 is 0 Å². The third kappa shape index (κ3) is 5.69. The first-order valence-corrected chi connectivity index (χ1v) is 8.99. The van der Waals surface area contributed by atoms with Gasteiger partial charge in [0.05, 0.1) is 19.3 Å². The molecule has 1 atom stereocenters.